The topological polar surface area (TPSA) is 35.5 Å². The molecule has 0 amide bonds. The number of ketones is 1. The molecule has 1 aromatic rings. The zero-order valence-electron chi connectivity index (χ0n) is 14.3. The Kier molecular flexibility index (Phi) is 9.70. The third-order valence-electron chi connectivity index (χ3n) is 3.30. The third kappa shape index (κ3) is 7.78. The molecule has 1 rings (SSSR count). The van der Waals surface area contributed by atoms with Gasteiger partial charge in [0.2, 0.25) is 0 Å². The fourth-order valence-electron chi connectivity index (χ4n) is 2.02. The predicted molar refractivity (Wildman–Crippen MR) is 93.8 cm³/mol. The largest absolute Gasteiger partial charge is 0.359 e. The first-order chi connectivity index (χ1) is 11.2. The summed E-state index contributed by atoms with van der Waals surface area (Å²) < 4.78 is 10.3. The first-order valence-electron chi connectivity index (χ1n) is 8.05. The van der Waals surface area contributed by atoms with E-state index in [2.05, 4.69) is 18.8 Å². The van der Waals surface area contributed by atoms with Crippen molar-refractivity contribution in [2.24, 2.45) is 0 Å². The average molecular weight is 314 g/mol. The van der Waals surface area contributed by atoms with Gasteiger partial charge in [-0.25, -0.2) is 0 Å². The lowest BCUT2D eigenvalue weighted by atomic mass is 10.0. The smallest absolute Gasteiger partial charge is 0.199 e. The lowest BCUT2D eigenvalue weighted by Gasteiger charge is -2.11. The highest BCUT2D eigenvalue weighted by Crippen LogP contribution is 2.10. The number of rotatable bonds is 9. The van der Waals surface area contributed by atoms with Crippen LogP contribution in [0.5, 0.6) is 0 Å². The van der Waals surface area contributed by atoms with E-state index < -0.39 is 6.10 Å². The summed E-state index contributed by atoms with van der Waals surface area (Å²) in [5.74, 6) is 5.87. The van der Waals surface area contributed by atoms with Gasteiger partial charge in [0, 0.05) is 13.5 Å². The Morgan fingerprint density at radius 1 is 1.26 bits per heavy atom. The van der Waals surface area contributed by atoms with Crippen LogP contribution in [-0.2, 0) is 14.3 Å². The van der Waals surface area contributed by atoms with E-state index in [0.717, 1.165) is 31.2 Å². The lowest BCUT2D eigenvalue weighted by Crippen LogP contribution is -2.24. The van der Waals surface area contributed by atoms with Crippen LogP contribution in [0.25, 0.3) is 6.08 Å². The van der Waals surface area contributed by atoms with Crippen molar-refractivity contribution in [1.29, 1.82) is 0 Å². The zero-order chi connectivity index (χ0) is 16.9. The van der Waals surface area contributed by atoms with Crippen LogP contribution >= 0.6 is 0 Å². The van der Waals surface area contributed by atoms with E-state index >= 15 is 0 Å². The molecule has 0 N–H and O–H groups in total. The maximum Gasteiger partial charge on any atom is 0.199 e. The van der Waals surface area contributed by atoms with Gasteiger partial charge < -0.3 is 9.47 Å². The van der Waals surface area contributed by atoms with Gasteiger partial charge in [0.05, 0.1) is 0 Å². The van der Waals surface area contributed by atoms with E-state index in [-0.39, 0.29) is 12.6 Å². The van der Waals surface area contributed by atoms with E-state index in [1.54, 1.807) is 6.92 Å². The van der Waals surface area contributed by atoms with E-state index in [1.807, 2.05) is 36.4 Å². The van der Waals surface area contributed by atoms with Gasteiger partial charge in [0.25, 0.3) is 0 Å². The molecule has 1 aromatic carbocycles. The molecular weight excluding hydrogens is 288 g/mol. The van der Waals surface area contributed by atoms with Crippen LogP contribution in [0.1, 0.15) is 45.1 Å². The number of carbonyl (C=O) groups excluding carboxylic acids is 1. The number of Topliss-reactive ketones (excluding diaryl/α,β-unsaturated/α-hetero) is 1. The molecule has 124 valence electrons. The Labute approximate surface area is 139 Å². The van der Waals surface area contributed by atoms with E-state index in [4.69, 9.17) is 9.47 Å². The summed E-state index contributed by atoms with van der Waals surface area (Å²) in [6.07, 6.45) is 5.23. The maximum absolute atomic E-state index is 12.5. The standard InChI is InChI=1S/C20H26O3/c1-4-5-6-7-11-14-19(23-16-22-3)20(21)17(2)15-18-12-9-8-10-13-18/h8-10,12-13,15,19H,4-7,16H2,1-3H3/b17-15+. The molecule has 1 atom stereocenters. The van der Waals surface area contributed by atoms with Gasteiger partial charge in [-0.15, -0.1) is 5.92 Å². The van der Waals surface area contributed by atoms with Crippen molar-refractivity contribution in [2.45, 2.75) is 45.6 Å². The summed E-state index contributed by atoms with van der Waals surface area (Å²) in [4.78, 5) is 12.5. The number of methoxy groups -OCH3 is 1. The van der Waals surface area contributed by atoms with Crippen LogP contribution in [0.2, 0.25) is 0 Å². The minimum atomic E-state index is -0.767. The van der Waals surface area contributed by atoms with Crippen molar-refractivity contribution in [3.05, 3.63) is 41.5 Å². The number of unbranched alkanes of at least 4 members (excludes halogenated alkanes) is 3. The molecule has 3 heteroatoms. The summed E-state index contributed by atoms with van der Waals surface area (Å²) in [6, 6.07) is 9.74. The summed E-state index contributed by atoms with van der Waals surface area (Å²) in [6.45, 7) is 4.00. The molecule has 0 aromatic heterocycles. The molecule has 0 aliphatic heterocycles. The number of hydrogen-bond donors (Lipinski definition) is 0. The molecule has 0 radical (unpaired) electrons. The molecule has 0 saturated heterocycles. The minimum absolute atomic E-state index is 0.0542. The molecule has 0 aliphatic rings. The molecule has 23 heavy (non-hydrogen) atoms. The van der Waals surface area contributed by atoms with Gasteiger partial charge in [-0.2, -0.15) is 0 Å². The minimum Gasteiger partial charge on any atom is -0.359 e. The number of benzene rings is 1. The van der Waals surface area contributed by atoms with E-state index in [1.165, 1.54) is 7.11 Å². The quantitative estimate of drug-likeness (QED) is 0.296. The zero-order valence-corrected chi connectivity index (χ0v) is 14.3. The first kappa shape index (κ1) is 19.2. The predicted octanol–water partition coefficient (Wildman–Crippen LogP) is 4.23. The highest BCUT2D eigenvalue weighted by atomic mass is 16.7. The van der Waals surface area contributed by atoms with Crippen molar-refractivity contribution in [3.63, 3.8) is 0 Å². The van der Waals surface area contributed by atoms with Gasteiger partial charge >= 0.3 is 0 Å². The van der Waals surface area contributed by atoms with Crippen LogP contribution in [0, 0.1) is 11.8 Å². The van der Waals surface area contributed by atoms with Gasteiger partial charge in [0.1, 0.15) is 6.79 Å². The van der Waals surface area contributed by atoms with Crippen molar-refractivity contribution >= 4 is 11.9 Å². The Balaban J connectivity index is 2.75. The lowest BCUT2D eigenvalue weighted by molar-refractivity contribution is -0.130. The highest BCUT2D eigenvalue weighted by Gasteiger charge is 2.18. The molecule has 3 nitrogen and oxygen atoms in total. The van der Waals surface area contributed by atoms with Gasteiger partial charge in [-0.1, -0.05) is 56.0 Å². The van der Waals surface area contributed by atoms with Gasteiger partial charge in [0.15, 0.2) is 11.9 Å². The van der Waals surface area contributed by atoms with Gasteiger partial charge in [-0.3, -0.25) is 4.79 Å². The van der Waals surface area contributed by atoms with Crippen molar-refractivity contribution < 1.29 is 14.3 Å². The summed E-state index contributed by atoms with van der Waals surface area (Å²) >= 11 is 0. The first-order valence-corrected chi connectivity index (χ1v) is 8.05. The molecule has 0 saturated carbocycles. The summed E-state index contributed by atoms with van der Waals surface area (Å²) in [5.41, 5.74) is 1.61. The van der Waals surface area contributed by atoms with Crippen molar-refractivity contribution in [1.82, 2.24) is 0 Å². The second-order valence-electron chi connectivity index (χ2n) is 5.33. The van der Waals surface area contributed by atoms with Gasteiger partial charge in [-0.05, 0) is 30.6 Å². The Bertz CT molecular complexity index is 549. The average Bonchev–Trinajstić information content (AvgIpc) is 2.57. The molecule has 0 heterocycles. The molecule has 1 unspecified atom stereocenters. The molecule has 0 spiro atoms. The Morgan fingerprint density at radius 3 is 2.65 bits per heavy atom. The number of hydrogen-bond acceptors (Lipinski definition) is 3. The number of carbonyl (C=O) groups is 1. The third-order valence-corrected chi connectivity index (χ3v) is 3.30. The van der Waals surface area contributed by atoms with E-state index in [0.29, 0.717) is 5.57 Å². The van der Waals surface area contributed by atoms with Crippen LogP contribution < -0.4 is 0 Å². The Morgan fingerprint density at radius 2 is 2.00 bits per heavy atom. The summed E-state index contributed by atoms with van der Waals surface area (Å²) in [7, 11) is 1.53. The SMILES string of the molecule is CCCCCC#CC(OCOC)C(=O)/C(C)=C/c1ccccc1. The van der Waals surface area contributed by atoms with Crippen LogP contribution in [0.3, 0.4) is 0 Å². The molecule has 0 fully saturated rings. The monoisotopic (exact) mass is 314 g/mol. The second kappa shape index (κ2) is 11.6. The maximum atomic E-state index is 12.5. The second-order valence-corrected chi connectivity index (χ2v) is 5.33. The summed E-state index contributed by atoms with van der Waals surface area (Å²) in [5, 5.41) is 0. The normalized spacial score (nSPS) is 12.4. The van der Waals surface area contributed by atoms with Crippen molar-refractivity contribution in [2.75, 3.05) is 13.9 Å². The molecule has 0 aliphatic carbocycles. The molecular formula is C20H26O3. The van der Waals surface area contributed by atoms with Crippen molar-refractivity contribution in [3.8, 4) is 11.8 Å². The fraction of sp³-hybridized carbons (Fsp3) is 0.450. The van der Waals surface area contributed by atoms with Crippen LogP contribution in [0.4, 0.5) is 0 Å². The van der Waals surface area contributed by atoms with Crippen LogP contribution in [-0.4, -0.2) is 25.8 Å². The highest BCUT2D eigenvalue weighted by molar-refractivity contribution is 6.03. The van der Waals surface area contributed by atoms with Crippen LogP contribution in [0.15, 0.2) is 35.9 Å². The number of ether oxygens (including phenoxy) is 2. The van der Waals surface area contributed by atoms with E-state index in [9.17, 15) is 4.79 Å². The molecule has 0 bridgehead atoms. The fourth-order valence-corrected chi connectivity index (χ4v) is 2.02. The Hall–Kier alpha value is -1.89.